The van der Waals surface area contributed by atoms with E-state index in [1.807, 2.05) is 0 Å². The monoisotopic (exact) mass is 199 g/mol. The van der Waals surface area contributed by atoms with E-state index in [-0.39, 0.29) is 12.1 Å². The van der Waals surface area contributed by atoms with Gasteiger partial charge in [-0.15, -0.1) is 0 Å². The lowest BCUT2D eigenvalue weighted by atomic mass is 9.85. The van der Waals surface area contributed by atoms with Crippen LogP contribution in [0.5, 0.6) is 0 Å². The van der Waals surface area contributed by atoms with Crippen LogP contribution in [0.3, 0.4) is 0 Å². The molecule has 1 saturated carbocycles. The van der Waals surface area contributed by atoms with Gasteiger partial charge in [0.2, 0.25) is 0 Å². The van der Waals surface area contributed by atoms with Gasteiger partial charge in [-0.3, -0.25) is 0 Å². The molecule has 3 N–H and O–H groups in total. The highest BCUT2D eigenvalue weighted by Crippen LogP contribution is 2.22. The van der Waals surface area contributed by atoms with E-state index in [9.17, 15) is 4.79 Å². The van der Waals surface area contributed by atoms with E-state index in [1.54, 1.807) is 19.0 Å². The van der Waals surface area contributed by atoms with Crippen LogP contribution < -0.4 is 11.1 Å². The van der Waals surface area contributed by atoms with E-state index in [1.165, 1.54) is 12.8 Å². The Kier molecular flexibility index (Phi) is 4.20. The maximum atomic E-state index is 11.3. The highest BCUT2D eigenvalue weighted by molar-refractivity contribution is 5.73. The first-order valence-corrected chi connectivity index (χ1v) is 5.32. The van der Waals surface area contributed by atoms with Crippen molar-refractivity contribution in [2.75, 3.05) is 20.6 Å². The third-order valence-electron chi connectivity index (χ3n) is 2.89. The van der Waals surface area contributed by atoms with Gasteiger partial charge in [-0.1, -0.05) is 12.8 Å². The molecule has 0 aromatic heterocycles. The second-order valence-corrected chi connectivity index (χ2v) is 4.29. The van der Waals surface area contributed by atoms with Crippen molar-refractivity contribution in [3.05, 3.63) is 0 Å². The third-order valence-corrected chi connectivity index (χ3v) is 2.89. The van der Waals surface area contributed by atoms with Crippen molar-refractivity contribution < 1.29 is 4.79 Å². The van der Waals surface area contributed by atoms with Gasteiger partial charge in [0.05, 0.1) is 0 Å². The SMILES string of the molecule is CN(C)C(=O)NCC1CCCCC1N. The van der Waals surface area contributed by atoms with Crippen LogP contribution >= 0.6 is 0 Å². The zero-order chi connectivity index (χ0) is 10.6. The van der Waals surface area contributed by atoms with Gasteiger partial charge in [-0.05, 0) is 18.8 Å². The Morgan fingerprint density at radius 2 is 2.07 bits per heavy atom. The molecule has 0 saturated heterocycles. The Hall–Kier alpha value is -0.770. The van der Waals surface area contributed by atoms with Gasteiger partial charge < -0.3 is 16.0 Å². The molecule has 0 aromatic rings. The standard InChI is InChI=1S/C10H21N3O/c1-13(2)10(14)12-7-8-5-3-4-6-9(8)11/h8-9H,3-7,11H2,1-2H3,(H,12,14). The van der Waals surface area contributed by atoms with Crippen LogP contribution in [-0.4, -0.2) is 37.6 Å². The number of urea groups is 1. The van der Waals surface area contributed by atoms with Gasteiger partial charge in [-0.2, -0.15) is 0 Å². The first-order chi connectivity index (χ1) is 6.61. The molecule has 82 valence electrons. The van der Waals surface area contributed by atoms with Crippen molar-refractivity contribution in [2.24, 2.45) is 11.7 Å². The smallest absolute Gasteiger partial charge is 0.316 e. The summed E-state index contributed by atoms with van der Waals surface area (Å²) in [5, 5.41) is 2.89. The van der Waals surface area contributed by atoms with E-state index in [4.69, 9.17) is 5.73 Å². The van der Waals surface area contributed by atoms with Crippen LogP contribution in [0.4, 0.5) is 4.79 Å². The summed E-state index contributed by atoms with van der Waals surface area (Å²) >= 11 is 0. The molecule has 0 radical (unpaired) electrons. The van der Waals surface area contributed by atoms with Gasteiger partial charge in [-0.25, -0.2) is 4.79 Å². The van der Waals surface area contributed by atoms with Crippen molar-refractivity contribution in [3.63, 3.8) is 0 Å². The molecule has 4 heteroatoms. The molecular formula is C10H21N3O. The fraction of sp³-hybridized carbons (Fsp3) is 0.900. The third kappa shape index (κ3) is 3.18. The number of hydrogen-bond donors (Lipinski definition) is 2. The van der Waals surface area contributed by atoms with Crippen LogP contribution in [-0.2, 0) is 0 Å². The van der Waals surface area contributed by atoms with Crippen molar-refractivity contribution >= 4 is 6.03 Å². The van der Waals surface area contributed by atoms with Gasteiger partial charge in [0.15, 0.2) is 0 Å². The predicted molar refractivity (Wildman–Crippen MR) is 57.0 cm³/mol. The van der Waals surface area contributed by atoms with Crippen LogP contribution in [0.25, 0.3) is 0 Å². The molecule has 0 heterocycles. The fourth-order valence-corrected chi connectivity index (χ4v) is 1.87. The summed E-state index contributed by atoms with van der Waals surface area (Å²) in [6.07, 6.45) is 4.73. The number of hydrogen-bond acceptors (Lipinski definition) is 2. The second kappa shape index (κ2) is 5.20. The van der Waals surface area contributed by atoms with Crippen molar-refractivity contribution in [3.8, 4) is 0 Å². The largest absolute Gasteiger partial charge is 0.338 e. The molecule has 0 aliphatic heterocycles. The summed E-state index contributed by atoms with van der Waals surface area (Å²) in [7, 11) is 3.49. The molecule has 1 aliphatic carbocycles. The fourth-order valence-electron chi connectivity index (χ4n) is 1.87. The average Bonchev–Trinajstić information content (AvgIpc) is 2.16. The summed E-state index contributed by atoms with van der Waals surface area (Å²) in [4.78, 5) is 12.8. The molecule has 0 bridgehead atoms. The van der Waals surface area contributed by atoms with E-state index < -0.39 is 0 Å². The molecule has 0 spiro atoms. The van der Waals surface area contributed by atoms with E-state index in [0.29, 0.717) is 5.92 Å². The zero-order valence-corrected chi connectivity index (χ0v) is 9.12. The van der Waals surface area contributed by atoms with Crippen molar-refractivity contribution in [1.29, 1.82) is 0 Å². The molecule has 1 aliphatic rings. The number of nitrogens with zero attached hydrogens (tertiary/aromatic N) is 1. The Labute approximate surface area is 85.8 Å². The number of carbonyl (C=O) groups is 1. The van der Waals surface area contributed by atoms with Gasteiger partial charge >= 0.3 is 6.03 Å². The van der Waals surface area contributed by atoms with Crippen LogP contribution in [0.2, 0.25) is 0 Å². The van der Waals surface area contributed by atoms with Crippen molar-refractivity contribution in [1.82, 2.24) is 10.2 Å². The Balaban J connectivity index is 2.26. The lowest BCUT2D eigenvalue weighted by Crippen LogP contribution is -2.43. The van der Waals surface area contributed by atoms with Crippen molar-refractivity contribution in [2.45, 2.75) is 31.7 Å². The minimum atomic E-state index is -0.0252. The normalized spacial score (nSPS) is 27.1. The summed E-state index contributed by atoms with van der Waals surface area (Å²) in [6.45, 7) is 0.720. The second-order valence-electron chi connectivity index (χ2n) is 4.29. The van der Waals surface area contributed by atoms with Crippen LogP contribution in [0.15, 0.2) is 0 Å². The molecule has 2 unspecified atom stereocenters. The number of nitrogens with two attached hydrogens (primary N) is 1. The number of rotatable bonds is 2. The molecule has 1 fully saturated rings. The maximum absolute atomic E-state index is 11.3. The minimum absolute atomic E-state index is 0.0252. The minimum Gasteiger partial charge on any atom is -0.338 e. The first-order valence-electron chi connectivity index (χ1n) is 5.32. The average molecular weight is 199 g/mol. The van der Waals surface area contributed by atoms with E-state index in [2.05, 4.69) is 5.32 Å². The first kappa shape index (κ1) is 11.3. The number of amides is 2. The summed E-state index contributed by atoms with van der Waals surface area (Å²) < 4.78 is 0. The van der Waals surface area contributed by atoms with Crippen LogP contribution in [0, 0.1) is 5.92 Å². The molecule has 1 rings (SSSR count). The van der Waals surface area contributed by atoms with Gasteiger partial charge in [0, 0.05) is 26.7 Å². The Morgan fingerprint density at radius 3 is 2.64 bits per heavy atom. The molecule has 2 amide bonds. The van der Waals surface area contributed by atoms with Crippen LogP contribution in [0.1, 0.15) is 25.7 Å². The number of nitrogens with one attached hydrogen (secondary N) is 1. The Bertz CT molecular complexity index is 194. The number of carbonyl (C=O) groups excluding carboxylic acids is 1. The molecule has 0 aromatic carbocycles. The maximum Gasteiger partial charge on any atom is 0.316 e. The highest BCUT2D eigenvalue weighted by Gasteiger charge is 2.22. The Morgan fingerprint density at radius 1 is 1.43 bits per heavy atom. The van der Waals surface area contributed by atoms with Gasteiger partial charge in [0.25, 0.3) is 0 Å². The summed E-state index contributed by atoms with van der Waals surface area (Å²) in [5.41, 5.74) is 5.98. The van der Waals surface area contributed by atoms with Gasteiger partial charge in [0.1, 0.15) is 0 Å². The summed E-state index contributed by atoms with van der Waals surface area (Å²) in [6, 6.07) is 0.244. The van der Waals surface area contributed by atoms with E-state index in [0.717, 1.165) is 19.4 Å². The summed E-state index contributed by atoms with van der Waals surface area (Å²) in [5.74, 6) is 0.465. The lowest BCUT2D eigenvalue weighted by Gasteiger charge is -2.29. The molecule has 14 heavy (non-hydrogen) atoms. The topological polar surface area (TPSA) is 58.4 Å². The lowest BCUT2D eigenvalue weighted by molar-refractivity contribution is 0.211. The van der Waals surface area contributed by atoms with E-state index >= 15 is 0 Å². The molecule has 2 atom stereocenters. The highest BCUT2D eigenvalue weighted by atomic mass is 16.2. The molecular weight excluding hydrogens is 178 g/mol. The molecule has 4 nitrogen and oxygen atoms in total. The quantitative estimate of drug-likeness (QED) is 0.690. The zero-order valence-electron chi connectivity index (χ0n) is 9.12. The predicted octanol–water partition coefficient (Wildman–Crippen LogP) is 0.775.